The smallest absolute Gasteiger partial charge is 0.407 e. The molecule has 0 heterocycles. The van der Waals surface area contributed by atoms with Gasteiger partial charge in [-0.1, -0.05) is 18.6 Å². The van der Waals surface area contributed by atoms with Gasteiger partial charge in [0.05, 0.1) is 5.92 Å². The van der Waals surface area contributed by atoms with Crippen LogP contribution < -0.4 is 10.6 Å². The molecule has 6 heteroatoms. The second-order valence-corrected chi connectivity index (χ2v) is 7.60. The molecule has 1 aliphatic rings. The summed E-state index contributed by atoms with van der Waals surface area (Å²) in [5.41, 5.74) is 1.38. The molecule has 25 heavy (non-hydrogen) atoms. The van der Waals surface area contributed by atoms with E-state index in [1.54, 1.807) is 0 Å². The fourth-order valence-corrected chi connectivity index (χ4v) is 3.04. The third kappa shape index (κ3) is 6.64. The summed E-state index contributed by atoms with van der Waals surface area (Å²) in [6, 6.07) is 7.96. The Morgan fingerprint density at radius 3 is 2.72 bits per heavy atom. The topological polar surface area (TPSA) is 87.7 Å². The van der Waals surface area contributed by atoms with Crippen molar-refractivity contribution in [2.75, 3.05) is 5.32 Å². The van der Waals surface area contributed by atoms with E-state index in [2.05, 4.69) is 10.6 Å². The van der Waals surface area contributed by atoms with Gasteiger partial charge < -0.3 is 20.5 Å². The number of hydrogen-bond acceptors (Lipinski definition) is 4. The number of ether oxygens (including phenoxy) is 1. The number of hydrogen-bond donors (Lipinski definition) is 3. The Kier molecular flexibility index (Phi) is 6.28. The minimum Gasteiger partial charge on any atom is -0.481 e. The van der Waals surface area contributed by atoms with Crippen molar-refractivity contribution in [2.45, 2.75) is 64.6 Å². The normalized spacial score (nSPS) is 20.6. The number of anilines is 1. The summed E-state index contributed by atoms with van der Waals surface area (Å²) in [5.74, 6) is -0.968. The molecule has 1 amide bonds. The Balaban J connectivity index is 1.88. The molecule has 138 valence electrons. The number of rotatable bonds is 5. The quantitative estimate of drug-likeness (QED) is 0.754. The van der Waals surface area contributed by atoms with Crippen LogP contribution in [0.4, 0.5) is 10.5 Å². The minimum absolute atomic E-state index is 0.170. The van der Waals surface area contributed by atoms with Gasteiger partial charge in [0.15, 0.2) is 0 Å². The van der Waals surface area contributed by atoms with Crippen molar-refractivity contribution >= 4 is 17.7 Å². The highest BCUT2D eigenvalue weighted by Gasteiger charge is 2.26. The molecule has 2 rings (SSSR count). The van der Waals surface area contributed by atoms with Crippen molar-refractivity contribution in [1.82, 2.24) is 5.32 Å². The number of alkyl carbamates (subject to hydrolysis) is 1. The van der Waals surface area contributed by atoms with E-state index in [1.165, 1.54) is 0 Å². The van der Waals surface area contributed by atoms with Crippen LogP contribution in [0.5, 0.6) is 0 Å². The maximum absolute atomic E-state index is 11.7. The molecule has 0 spiro atoms. The third-order valence-corrected chi connectivity index (χ3v) is 4.16. The molecule has 0 saturated heterocycles. The molecule has 1 aromatic carbocycles. The van der Waals surface area contributed by atoms with Crippen molar-refractivity contribution < 1.29 is 19.4 Å². The van der Waals surface area contributed by atoms with E-state index >= 15 is 0 Å². The lowest BCUT2D eigenvalue weighted by Crippen LogP contribution is -2.32. The highest BCUT2D eigenvalue weighted by molar-refractivity contribution is 5.70. The van der Waals surface area contributed by atoms with Gasteiger partial charge in [-0.3, -0.25) is 4.79 Å². The molecule has 0 bridgehead atoms. The van der Waals surface area contributed by atoms with Gasteiger partial charge in [0.2, 0.25) is 0 Å². The zero-order valence-electron chi connectivity index (χ0n) is 15.2. The fraction of sp³-hybridized carbons (Fsp3) is 0.579. The molecule has 1 fully saturated rings. The molecule has 0 radical (unpaired) electrons. The van der Waals surface area contributed by atoms with Crippen LogP contribution in [0, 0.1) is 5.92 Å². The predicted molar refractivity (Wildman–Crippen MR) is 96.5 cm³/mol. The second-order valence-electron chi connectivity index (χ2n) is 7.60. The van der Waals surface area contributed by atoms with Crippen molar-refractivity contribution in [3.63, 3.8) is 0 Å². The first-order valence-electron chi connectivity index (χ1n) is 8.78. The van der Waals surface area contributed by atoms with Crippen LogP contribution in [-0.2, 0) is 16.1 Å². The van der Waals surface area contributed by atoms with E-state index in [-0.39, 0.29) is 12.0 Å². The van der Waals surface area contributed by atoms with Gasteiger partial charge in [-0.05, 0) is 57.7 Å². The van der Waals surface area contributed by atoms with Gasteiger partial charge in [-0.2, -0.15) is 0 Å². The summed E-state index contributed by atoms with van der Waals surface area (Å²) in [6.45, 7) is 5.86. The van der Waals surface area contributed by atoms with Gasteiger partial charge >= 0.3 is 12.1 Å². The van der Waals surface area contributed by atoms with Crippen LogP contribution in [0.3, 0.4) is 0 Å². The van der Waals surface area contributed by atoms with Crippen LogP contribution >= 0.6 is 0 Å². The van der Waals surface area contributed by atoms with Gasteiger partial charge in [-0.15, -0.1) is 0 Å². The summed E-state index contributed by atoms with van der Waals surface area (Å²) in [4.78, 5) is 22.9. The molecule has 1 aromatic rings. The number of carbonyl (C=O) groups excluding carboxylic acids is 1. The molecular formula is C19H28N2O4. The fourth-order valence-electron chi connectivity index (χ4n) is 3.04. The minimum atomic E-state index is -0.707. The SMILES string of the molecule is CC(C)(C)OC(=O)NCc1cccc(NC2CCCC(C(=O)O)C2)c1. The first kappa shape index (κ1) is 19.1. The van der Waals surface area contributed by atoms with Crippen LogP contribution in [0.1, 0.15) is 52.0 Å². The first-order valence-corrected chi connectivity index (χ1v) is 8.78. The molecule has 3 N–H and O–H groups in total. The molecular weight excluding hydrogens is 320 g/mol. The van der Waals surface area contributed by atoms with Crippen molar-refractivity contribution in [3.8, 4) is 0 Å². The highest BCUT2D eigenvalue weighted by Crippen LogP contribution is 2.27. The lowest BCUT2D eigenvalue weighted by Gasteiger charge is -2.28. The van der Waals surface area contributed by atoms with Crippen LogP contribution in [0.15, 0.2) is 24.3 Å². The summed E-state index contributed by atoms with van der Waals surface area (Å²) in [7, 11) is 0. The van der Waals surface area contributed by atoms with Crippen molar-refractivity contribution in [1.29, 1.82) is 0 Å². The van der Waals surface area contributed by atoms with Gasteiger partial charge in [0.1, 0.15) is 5.60 Å². The Morgan fingerprint density at radius 1 is 1.28 bits per heavy atom. The van der Waals surface area contributed by atoms with E-state index in [0.717, 1.165) is 30.5 Å². The average Bonchev–Trinajstić information content (AvgIpc) is 2.52. The lowest BCUT2D eigenvalue weighted by molar-refractivity contribution is -0.142. The third-order valence-electron chi connectivity index (χ3n) is 4.16. The zero-order chi connectivity index (χ0) is 18.4. The van der Waals surface area contributed by atoms with E-state index in [0.29, 0.717) is 13.0 Å². The maximum Gasteiger partial charge on any atom is 0.407 e. The van der Waals surface area contributed by atoms with Crippen molar-refractivity contribution in [3.05, 3.63) is 29.8 Å². The molecule has 0 aliphatic heterocycles. The summed E-state index contributed by atoms with van der Waals surface area (Å²) < 4.78 is 5.22. The molecule has 1 saturated carbocycles. The van der Waals surface area contributed by atoms with E-state index in [9.17, 15) is 14.7 Å². The number of aliphatic carboxylic acids is 1. The molecule has 2 unspecified atom stereocenters. The highest BCUT2D eigenvalue weighted by atomic mass is 16.6. The molecule has 6 nitrogen and oxygen atoms in total. The largest absolute Gasteiger partial charge is 0.481 e. The van der Waals surface area contributed by atoms with Crippen LogP contribution in [0.25, 0.3) is 0 Å². The number of carbonyl (C=O) groups is 2. The second kappa shape index (κ2) is 8.23. The van der Waals surface area contributed by atoms with Gasteiger partial charge in [0, 0.05) is 18.3 Å². The van der Waals surface area contributed by atoms with Gasteiger partial charge in [0.25, 0.3) is 0 Å². The Hall–Kier alpha value is -2.24. The van der Waals surface area contributed by atoms with E-state index in [1.807, 2.05) is 45.0 Å². The number of nitrogens with one attached hydrogen (secondary N) is 2. The standard InChI is InChI=1S/C19H28N2O4/c1-19(2,3)25-18(24)20-12-13-6-4-8-15(10-13)21-16-9-5-7-14(11-16)17(22)23/h4,6,8,10,14,16,21H,5,7,9,11-12H2,1-3H3,(H,20,24)(H,22,23). The molecule has 2 atom stereocenters. The average molecular weight is 348 g/mol. The van der Waals surface area contributed by atoms with E-state index in [4.69, 9.17) is 4.74 Å². The van der Waals surface area contributed by atoms with E-state index < -0.39 is 17.7 Å². The zero-order valence-corrected chi connectivity index (χ0v) is 15.2. The maximum atomic E-state index is 11.7. The van der Waals surface area contributed by atoms with Crippen molar-refractivity contribution in [2.24, 2.45) is 5.92 Å². The van der Waals surface area contributed by atoms with Gasteiger partial charge in [-0.25, -0.2) is 4.79 Å². The van der Waals surface area contributed by atoms with Crippen LogP contribution in [-0.4, -0.2) is 28.8 Å². The predicted octanol–water partition coefficient (Wildman–Crippen LogP) is 3.77. The molecule has 0 aromatic heterocycles. The number of benzene rings is 1. The summed E-state index contributed by atoms with van der Waals surface area (Å²) in [6.07, 6.45) is 2.87. The number of carboxylic acids is 1. The Labute approximate surface area is 149 Å². The monoisotopic (exact) mass is 348 g/mol. The number of carboxylic acid groups (broad SMARTS) is 1. The summed E-state index contributed by atoms with van der Waals surface area (Å²) >= 11 is 0. The Bertz CT molecular complexity index is 610. The molecule has 1 aliphatic carbocycles. The Morgan fingerprint density at radius 2 is 2.04 bits per heavy atom. The number of amides is 1. The van der Waals surface area contributed by atoms with Crippen LogP contribution in [0.2, 0.25) is 0 Å². The summed E-state index contributed by atoms with van der Waals surface area (Å²) in [5, 5.41) is 15.4. The first-order chi connectivity index (χ1) is 11.7. The lowest BCUT2D eigenvalue weighted by atomic mass is 9.85.